The summed E-state index contributed by atoms with van der Waals surface area (Å²) in [6.45, 7) is 3.79. The highest BCUT2D eigenvalue weighted by molar-refractivity contribution is 7.90. The van der Waals surface area contributed by atoms with Gasteiger partial charge in [0.1, 0.15) is 5.75 Å². The van der Waals surface area contributed by atoms with Crippen LogP contribution in [0.4, 0.5) is 11.4 Å². The molecule has 0 radical (unpaired) electrons. The van der Waals surface area contributed by atoms with Crippen molar-refractivity contribution < 1.29 is 27.9 Å². The maximum atomic E-state index is 13.5. The quantitative estimate of drug-likeness (QED) is 0.514. The molecular weight excluding hydrogens is 484 g/mol. The molecule has 10 nitrogen and oxygen atoms in total. The van der Waals surface area contributed by atoms with E-state index >= 15 is 0 Å². The highest BCUT2D eigenvalue weighted by atomic mass is 32.2. The number of rotatable bonds is 3. The van der Waals surface area contributed by atoms with Crippen LogP contribution in [0.15, 0.2) is 53.6 Å². The Balaban J connectivity index is 0.000000848. The van der Waals surface area contributed by atoms with Crippen LogP contribution >= 0.6 is 0 Å². The molecule has 0 bridgehead atoms. The molecule has 1 atom stereocenters. The van der Waals surface area contributed by atoms with Crippen LogP contribution in [0.2, 0.25) is 0 Å². The van der Waals surface area contributed by atoms with Crippen LogP contribution in [-0.2, 0) is 19.6 Å². The van der Waals surface area contributed by atoms with Gasteiger partial charge in [0.25, 0.3) is 22.4 Å². The number of amides is 1. The van der Waals surface area contributed by atoms with Gasteiger partial charge in [0, 0.05) is 49.0 Å². The molecule has 3 aliphatic rings. The molecule has 1 unspecified atom stereocenters. The van der Waals surface area contributed by atoms with Crippen LogP contribution in [0.1, 0.15) is 19.3 Å². The third kappa shape index (κ3) is 4.51. The Morgan fingerprint density at radius 2 is 1.89 bits per heavy atom. The SMILES string of the molecule is O=C1COc2cc(S(=O)(=O)n3ccc4ccc(N5CCN6CCCCC6C5)cc43)ccc2N1.O=CO. The van der Waals surface area contributed by atoms with E-state index in [-0.39, 0.29) is 23.9 Å². The zero-order valence-electron chi connectivity index (χ0n) is 19.7. The number of carbonyl (C=O) groups is 2. The minimum atomic E-state index is -3.84. The van der Waals surface area contributed by atoms with E-state index in [1.54, 1.807) is 12.3 Å². The largest absolute Gasteiger partial charge is 0.483 e. The minimum absolute atomic E-state index is 0.121. The lowest BCUT2D eigenvalue weighted by atomic mass is 9.99. The van der Waals surface area contributed by atoms with E-state index in [9.17, 15) is 13.2 Å². The van der Waals surface area contributed by atoms with Gasteiger partial charge >= 0.3 is 0 Å². The molecule has 1 amide bonds. The molecule has 36 heavy (non-hydrogen) atoms. The van der Waals surface area contributed by atoms with Crippen molar-refractivity contribution in [3.8, 4) is 5.75 Å². The Morgan fingerprint density at radius 3 is 2.72 bits per heavy atom. The van der Waals surface area contributed by atoms with Gasteiger partial charge in [-0.15, -0.1) is 0 Å². The van der Waals surface area contributed by atoms with Crippen LogP contribution in [0.3, 0.4) is 0 Å². The number of nitrogens with zero attached hydrogens (tertiary/aromatic N) is 3. The molecule has 3 aliphatic heterocycles. The molecule has 6 rings (SSSR count). The summed E-state index contributed by atoms with van der Waals surface area (Å²) < 4.78 is 33.8. The molecule has 2 N–H and O–H groups in total. The van der Waals surface area contributed by atoms with Crippen LogP contribution in [-0.4, -0.2) is 73.6 Å². The number of piperazine rings is 1. The number of ether oxygens (including phenoxy) is 1. The van der Waals surface area contributed by atoms with E-state index in [0.717, 1.165) is 30.7 Å². The zero-order chi connectivity index (χ0) is 25.3. The first-order chi connectivity index (χ1) is 17.4. The second-order valence-electron chi connectivity index (χ2n) is 9.09. The van der Waals surface area contributed by atoms with Crippen molar-refractivity contribution >= 4 is 44.7 Å². The fourth-order valence-electron chi connectivity index (χ4n) is 5.22. The molecule has 2 aromatic carbocycles. The first kappa shape index (κ1) is 24.1. The van der Waals surface area contributed by atoms with Crippen molar-refractivity contribution in [2.45, 2.75) is 30.2 Å². The number of fused-ring (bicyclic) bond motifs is 3. The summed E-state index contributed by atoms with van der Waals surface area (Å²) in [7, 11) is -3.84. The predicted octanol–water partition coefficient (Wildman–Crippen LogP) is 2.58. The second kappa shape index (κ2) is 9.82. The molecule has 11 heteroatoms. The number of hydrogen-bond acceptors (Lipinski definition) is 7. The molecule has 190 valence electrons. The van der Waals surface area contributed by atoms with Crippen molar-refractivity contribution in [2.24, 2.45) is 0 Å². The fraction of sp³-hybridized carbons (Fsp3) is 0.360. The number of benzene rings is 2. The topological polar surface area (TPSA) is 121 Å². The Hall–Kier alpha value is -3.57. The Morgan fingerprint density at radius 1 is 1.06 bits per heavy atom. The number of piperidine rings is 1. The maximum Gasteiger partial charge on any atom is 0.290 e. The van der Waals surface area contributed by atoms with E-state index in [4.69, 9.17) is 14.6 Å². The summed E-state index contributed by atoms with van der Waals surface area (Å²) in [5.74, 6) is 0.106. The number of carbonyl (C=O) groups excluding carboxylic acids is 1. The van der Waals surface area contributed by atoms with Gasteiger partial charge in [-0.3, -0.25) is 14.5 Å². The lowest BCUT2D eigenvalue weighted by Gasteiger charge is -2.45. The van der Waals surface area contributed by atoms with Crippen LogP contribution in [0, 0.1) is 0 Å². The molecule has 0 saturated carbocycles. The van der Waals surface area contributed by atoms with Crippen molar-refractivity contribution in [3.05, 3.63) is 48.7 Å². The normalized spacial score (nSPS) is 19.8. The van der Waals surface area contributed by atoms with Gasteiger partial charge in [0.05, 0.1) is 16.1 Å². The third-order valence-corrected chi connectivity index (χ3v) is 8.67. The maximum absolute atomic E-state index is 13.5. The van der Waals surface area contributed by atoms with Crippen LogP contribution in [0.5, 0.6) is 5.75 Å². The molecule has 0 spiro atoms. The van der Waals surface area contributed by atoms with Crippen LogP contribution < -0.4 is 15.0 Å². The van der Waals surface area contributed by atoms with Crippen molar-refractivity contribution in [1.29, 1.82) is 0 Å². The van der Waals surface area contributed by atoms with E-state index < -0.39 is 10.0 Å². The smallest absolute Gasteiger partial charge is 0.290 e. The predicted molar refractivity (Wildman–Crippen MR) is 135 cm³/mol. The van der Waals surface area contributed by atoms with Gasteiger partial charge in [-0.05, 0) is 49.7 Å². The minimum Gasteiger partial charge on any atom is -0.483 e. The highest BCUT2D eigenvalue weighted by Crippen LogP contribution is 2.33. The molecule has 3 aromatic rings. The summed E-state index contributed by atoms with van der Waals surface area (Å²) in [5.41, 5.74) is 2.19. The lowest BCUT2D eigenvalue weighted by molar-refractivity contribution is -0.123. The number of anilines is 2. The van der Waals surface area contributed by atoms with Gasteiger partial charge in [-0.1, -0.05) is 12.5 Å². The number of aromatic nitrogens is 1. The number of nitrogens with one attached hydrogen (secondary N) is 1. The number of carboxylic acid groups (broad SMARTS) is 1. The van der Waals surface area contributed by atoms with Crippen LogP contribution in [0.25, 0.3) is 10.9 Å². The average molecular weight is 513 g/mol. The Bertz CT molecular complexity index is 1400. The van der Waals surface area contributed by atoms with E-state index in [1.165, 1.54) is 41.9 Å². The van der Waals surface area contributed by atoms with Gasteiger partial charge in [-0.2, -0.15) is 0 Å². The summed E-state index contributed by atoms with van der Waals surface area (Å²) in [5, 5.41) is 10.5. The molecule has 2 fully saturated rings. The standard InChI is InChI=1S/C24H26N4O4S.CH2O2/c29-24-16-32-23-14-20(6-7-21(23)25-24)33(30,31)28-10-8-17-4-5-18(13-22(17)28)27-12-11-26-9-2-1-3-19(26)15-27;2-1-3/h4-8,10,13-14,19H,1-3,9,11-12,15-16H2,(H,25,29);1H,(H,2,3). The molecule has 2 saturated heterocycles. The third-order valence-electron chi connectivity index (χ3n) is 6.99. The summed E-state index contributed by atoms with van der Waals surface area (Å²) in [6.07, 6.45) is 5.40. The average Bonchev–Trinajstić information content (AvgIpc) is 3.33. The van der Waals surface area contributed by atoms with Gasteiger partial charge < -0.3 is 20.1 Å². The van der Waals surface area contributed by atoms with E-state index in [2.05, 4.69) is 21.2 Å². The summed E-state index contributed by atoms with van der Waals surface area (Å²) in [4.78, 5) is 25.0. The second-order valence-corrected chi connectivity index (χ2v) is 10.9. The highest BCUT2D eigenvalue weighted by Gasteiger charge is 2.29. The lowest BCUT2D eigenvalue weighted by Crippen LogP contribution is -2.54. The first-order valence-corrected chi connectivity index (χ1v) is 13.3. The monoisotopic (exact) mass is 512 g/mol. The zero-order valence-corrected chi connectivity index (χ0v) is 20.5. The molecule has 0 aliphatic carbocycles. The molecule has 1 aromatic heterocycles. The van der Waals surface area contributed by atoms with Crippen molar-refractivity contribution in [2.75, 3.05) is 43.0 Å². The fourth-order valence-corrected chi connectivity index (χ4v) is 6.58. The molecule has 4 heterocycles. The van der Waals surface area contributed by atoms with Gasteiger partial charge in [0.2, 0.25) is 0 Å². The number of hydrogen-bond donors (Lipinski definition) is 2. The molecular formula is C25H28N4O6S. The van der Waals surface area contributed by atoms with E-state index in [0.29, 0.717) is 23.0 Å². The summed E-state index contributed by atoms with van der Waals surface area (Å²) in [6, 6.07) is 13.0. The first-order valence-electron chi connectivity index (χ1n) is 11.9. The van der Waals surface area contributed by atoms with Crippen molar-refractivity contribution in [1.82, 2.24) is 8.87 Å². The Labute approximate surface area is 209 Å². The van der Waals surface area contributed by atoms with Crippen molar-refractivity contribution in [3.63, 3.8) is 0 Å². The van der Waals surface area contributed by atoms with Gasteiger partial charge in [-0.25, -0.2) is 12.4 Å². The Kier molecular flexibility index (Phi) is 6.59. The van der Waals surface area contributed by atoms with E-state index in [1.807, 2.05) is 18.2 Å². The van der Waals surface area contributed by atoms with Gasteiger partial charge in [0.15, 0.2) is 6.61 Å². The summed E-state index contributed by atoms with van der Waals surface area (Å²) >= 11 is 0.